The van der Waals surface area contributed by atoms with E-state index in [-0.39, 0.29) is 6.03 Å². The quantitative estimate of drug-likeness (QED) is 0.856. The Bertz CT molecular complexity index is 335. The first-order chi connectivity index (χ1) is 7.81. The molecule has 0 aliphatic heterocycles. The first-order valence-corrected chi connectivity index (χ1v) is 6.62. The predicted octanol–water partition coefficient (Wildman–Crippen LogP) is 2.23. The van der Waals surface area contributed by atoms with Crippen molar-refractivity contribution in [2.45, 2.75) is 38.8 Å². The molecule has 0 spiro atoms. The fourth-order valence-corrected chi connectivity index (χ4v) is 2.18. The number of nitrogens with zero attached hydrogens (tertiary/aromatic N) is 2. The van der Waals surface area contributed by atoms with E-state index in [0.29, 0.717) is 12.6 Å². The van der Waals surface area contributed by atoms with Crippen LogP contribution in [-0.2, 0) is 6.54 Å². The summed E-state index contributed by atoms with van der Waals surface area (Å²) in [5.41, 5.74) is 0. The molecule has 1 aromatic rings. The smallest absolute Gasteiger partial charge is 0.318 e. The fourth-order valence-electron chi connectivity index (χ4n) is 1.56. The van der Waals surface area contributed by atoms with E-state index in [1.807, 2.05) is 10.3 Å². The summed E-state index contributed by atoms with van der Waals surface area (Å²) in [5, 5.41) is 5.89. The zero-order chi connectivity index (χ0) is 11.4. The number of nitrogens with one attached hydrogen (secondary N) is 1. The van der Waals surface area contributed by atoms with Gasteiger partial charge in [-0.2, -0.15) is 0 Å². The lowest BCUT2D eigenvalue weighted by molar-refractivity contribution is 0.192. The second-order valence-corrected chi connectivity index (χ2v) is 5.00. The van der Waals surface area contributed by atoms with Crippen molar-refractivity contribution in [3.8, 4) is 0 Å². The van der Waals surface area contributed by atoms with Crippen LogP contribution in [0.15, 0.2) is 11.6 Å². The molecule has 4 nitrogen and oxygen atoms in total. The molecule has 1 fully saturated rings. The van der Waals surface area contributed by atoms with Crippen LogP contribution in [0.2, 0.25) is 0 Å². The summed E-state index contributed by atoms with van der Waals surface area (Å²) in [6.07, 6.45) is 5.02. The van der Waals surface area contributed by atoms with Gasteiger partial charge in [0.05, 0.1) is 6.54 Å². The lowest BCUT2D eigenvalue weighted by atomic mass is 10.4. The van der Waals surface area contributed by atoms with E-state index in [2.05, 4.69) is 17.2 Å². The Morgan fingerprint density at radius 2 is 2.50 bits per heavy atom. The van der Waals surface area contributed by atoms with E-state index in [9.17, 15) is 4.79 Å². The number of thiazole rings is 1. The van der Waals surface area contributed by atoms with Gasteiger partial charge < -0.3 is 10.2 Å². The number of rotatable bonds is 5. The average molecular weight is 239 g/mol. The van der Waals surface area contributed by atoms with Crippen LogP contribution >= 0.6 is 11.3 Å². The summed E-state index contributed by atoms with van der Waals surface area (Å²) in [4.78, 5) is 18.0. The Morgan fingerprint density at radius 3 is 3.06 bits per heavy atom. The average Bonchev–Trinajstić information content (AvgIpc) is 3.00. The maximum absolute atomic E-state index is 11.9. The first-order valence-electron chi connectivity index (χ1n) is 5.74. The van der Waals surface area contributed by atoms with E-state index < -0.39 is 0 Å². The molecule has 1 saturated carbocycles. The van der Waals surface area contributed by atoms with Crippen LogP contribution in [0.1, 0.15) is 31.2 Å². The van der Waals surface area contributed by atoms with Gasteiger partial charge in [-0.15, -0.1) is 11.3 Å². The van der Waals surface area contributed by atoms with Gasteiger partial charge in [0.1, 0.15) is 5.01 Å². The molecule has 0 unspecified atom stereocenters. The van der Waals surface area contributed by atoms with Gasteiger partial charge >= 0.3 is 6.03 Å². The van der Waals surface area contributed by atoms with Crippen LogP contribution in [0.25, 0.3) is 0 Å². The number of carbonyl (C=O) groups is 1. The highest BCUT2D eigenvalue weighted by Crippen LogP contribution is 2.28. The van der Waals surface area contributed by atoms with Gasteiger partial charge in [0, 0.05) is 24.2 Å². The predicted molar refractivity (Wildman–Crippen MR) is 64.4 cm³/mol. The highest BCUT2D eigenvalue weighted by molar-refractivity contribution is 7.09. The molecule has 0 radical (unpaired) electrons. The van der Waals surface area contributed by atoms with Crippen LogP contribution in [0, 0.1) is 0 Å². The third-order valence-corrected chi connectivity index (χ3v) is 3.33. The van der Waals surface area contributed by atoms with E-state index in [4.69, 9.17) is 0 Å². The molecule has 88 valence electrons. The third kappa shape index (κ3) is 2.95. The number of hydrogen-bond donors (Lipinski definition) is 1. The normalized spacial score (nSPS) is 14.8. The zero-order valence-electron chi connectivity index (χ0n) is 9.48. The molecule has 0 saturated heterocycles. The molecule has 5 heteroatoms. The van der Waals surface area contributed by atoms with Gasteiger partial charge in [-0.25, -0.2) is 9.78 Å². The van der Waals surface area contributed by atoms with Gasteiger partial charge in [0.2, 0.25) is 0 Å². The van der Waals surface area contributed by atoms with Crippen molar-refractivity contribution in [2.24, 2.45) is 0 Å². The van der Waals surface area contributed by atoms with Crippen molar-refractivity contribution < 1.29 is 4.79 Å². The summed E-state index contributed by atoms with van der Waals surface area (Å²) in [6, 6.07) is 0.486. The van der Waals surface area contributed by atoms with Crippen molar-refractivity contribution in [3.63, 3.8) is 0 Å². The Morgan fingerprint density at radius 1 is 1.69 bits per heavy atom. The van der Waals surface area contributed by atoms with Gasteiger partial charge in [-0.1, -0.05) is 6.92 Å². The van der Waals surface area contributed by atoms with Crippen LogP contribution in [0.3, 0.4) is 0 Å². The molecule has 1 heterocycles. The third-order valence-electron chi connectivity index (χ3n) is 2.56. The minimum absolute atomic E-state index is 0.0551. The number of carbonyl (C=O) groups excluding carboxylic acids is 1. The van der Waals surface area contributed by atoms with Crippen molar-refractivity contribution in [1.82, 2.24) is 15.2 Å². The molecule has 1 aliphatic carbocycles. The molecular weight excluding hydrogens is 222 g/mol. The van der Waals surface area contributed by atoms with E-state index >= 15 is 0 Å². The second-order valence-electron chi connectivity index (χ2n) is 4.02. The molecule has 2 rings (SSSR count). The molecule has 0 aromatic carbocycles. The van der Waals surface area contributed by atoms with Crippen LogP contribution in [0.5, 0.6) is 0 Å². The van der Waals surface area contributed by atoms with Gasteiger partial charge in [0.25, 0.3) is 0 Å². The van der Waals surface area contributed by atoms with Crippen molar-refractivity contribution in [2.75, 3.05) is 6.54 Å². The van der Waals surface area contributed by atoms with E-state index in [0.717, 1.165) is 30.8 Å². The second kappa shape index (κ2) is 5.30. The highest BCUT2D eigenvalue weighted by Gasteiger charge is 2.32. The van der Waals surface area contributed by atoms with Gasteiger partial charge in [0.15, 0.2) is 0 Å². The Balaban J connectivity index is 1.92. The number of aromatic nitrogens is 1. The van der Waals surface area contributed by atoms with Gasteiger partial charge in [-0.3, -0.25) is 0 Å². The summed E-state index contributed by atoms with van der Waals surface area (Å²) in [6.45, 7) is 3.46. The minimum atomic E-state index is 0.0551. The number of hydrogen-bond acceptors (Lipinski definition) is 3. The maximum atomic E-state index is 11.9. The maximum Gasteiger partial charge on any atom is 0.318 e. The summed E-state index contributed by atoms with van der Waals surface area (Å²) in [7, 11) is 0. The lowest BCUT2D eigenvalue weighted by Crippen LogP contribution is -2.41. The largest absolute Gasteiger partial charge is 0.338 e. The monoisotopic (exact) mass is 239 g/mol. The molecule has 16 heavy (non-hydrogen) atoms. The highest BCUT2D eigenvalue weighted by atomic mass is 32.1. The molecule has 0 bridgehead atoms. The molecule has 1 aliphatic rings. The first kappa shape index (κ1) is 11.4. The number of amides is 2. The standard InChI is InChI=1S/C11H17N3OS/c1-2-5-13-11(15)14(9-3-4-9)8-10-12-6-7-16-10/h6-7,9H,2-5,8H2,1H3,(H,13,15). The Labute approximate surface area is 99.7 Å². The molecule has 1 N–H and O–H groups in total. The van der Waals surface area contributed by atoms with Gasteiger partial charge in [-0.05, 0) is 19.3 Å². The van der Waals surface area contributed by atoms with Crippen LogP contribution in [-0.4, -0.2) is 28.5 Å². The SMILES string of the molecule is CCCNC(=O)N(Cc1nccs1)C1CC1. The Hall–Kier alpha value is -1.10. The summed E-state index contributed by atoms with van der Waals surface area (Å²) >= 11 is 1.60. The van der Waals surface area contributed by atoms with Crippen LogP contribution in [0.4, 0.5) is 4.79 Å². The van der Waals surface area contributed by atoms with Crippen molar-refractivity contribution >= 4 is 17.4 Å². The zero-order valence-corrected chi connectivity index (χ0v) is 10.3. The topological polar surface area (TPSA) is 45.2 Å². The fraction of sp³-hybridized carbons (Fsp3) is 0.636. The molecule has 1 aromatic heterocycles. The molecular formula is C11H17N3OS. The summed E-state index contributed by atoms with van der Waals surface area (Å²) in [5.74, 6) is 0. The van der Waals surface area contributed by atoms with Crippen molar-refractivity contribution in [3.05, 3.63) is 16.6 Å². The molecule has 0 atom stereocenters. The molecule has 2 amide bonds. The van der Waals surface area contributed by atoms with Crippen molar-refractivity contribution in [1.29, 1.82) is 0 Å². The minimum Gasteiger partial charge on any atom is -0.338 e. The number of urea groups is 1. The van der Waals surface area contributed by atoms with Crippen LogP contribution < -0.4 is 5.32 Å². The van der Waals surface area contributed by atoms with E-state index in [1.54, 1.807) is 17.5 Å². The van der Waals surface area contributed by atoms with E-state index in [1.165, 1.54) is 0 Å². The summed E-state index contributed by atoms with van der Waals surface area (Å²) < 4.78 is 0. The lowest BCUT2D eigenvalue weighted by Gasteiger charge is -2.21. The Kier molecular flexibility index (Phi) is 3.77.